The van der Waals surface area contributed by atoms with Crippen molar-refractivity contribution in [3.63, 3.8) is 0 Å². The number of hydrogen-bond donors (Lipinski definition) is 3. The minimum atomic E-state index is -2.07. The van der Waals surface area contributed by atoms with Crippen LogP contribution >= 0.6 is 0 Å². The normalized spacial score (nSPS) is 13.9. The van der Waals surface area contributed by atoms with Crippen LogP contribution in [0.15, 0.2) is 65.1 Å². The summed E-state index contributed by atoms with van der Waals surface area (Å²) < 4.78 is 26.2. The topological polar surface area (TPSA) is 74.4 Å². The molecule has 3 N–H and O–H groups in total. The number of allylic oxidation sites excluding steroid dienone is 3. The fourth-order valence-corrected chi connectivity index (χ4v) is 3.15. The highest BCUT2D eigenvalue weighted by Gasteiger charge is 2.10. The maximum atomic E-state index is 11.4. The lowest BCUT2D eigenvalue weighted by molar-refractivity contribution is 0.228. The lowest BCUT2D eigenvalue weighted by atomic mass is 10.0. The highest BCUT2D eigenvalue weighted by molar-refractivity contribution is 7.83. The van der Waals surface area contributed by atoms with Gasteiger partial charge in [0, 0.05) is 29.3 Å². The molecule has 2 aromatic rings. The van der Waals surface area contributed by atoms with Crippen LogP contribution in [0.1, 0.15) is 18.2 Å². The molecule has 0 aliphatic carbocycles. The van der Waals surface area contributed by atoms with Gasteiger partial charge in [0.05, 0.1) is 11.5 Å². The molecule has 0 saturated carbocycles. The molecule has 1 atom stereocenters. The molecule has 28 heavy (non-hydrogen) atoms. The quantitative estimate of drug-likeness (QED) is 0.468. The summed E-state index contributed by atoms with van der Waals surface area (Å²) in [5, 5.41) is 3.88. The van der Waals surface area contributed by atoms with Crippen LogP contribution < -0.4 is 5.32 Å². The number of H-pyrrole nitrogens is 1. The van der Waals surface area contributed by atoms with E-state index in [0.29, 0.717) is 11.5 Å². The maximum absolute atomic E-state index is 11.4. The summed E-state index contributed by atoms with van der Waals surface area (Å²) in [6.07, 6.45) is 6.78. The minimum absolute atomic E-state index is 0.296. The number of rotatable bonds is 7. The molecule has 0 fully saturated rings. The zero-order valence-electron chi connectivity index (χ0n) is 17.2. The van der Waals surface area contributed by atoms with Crippen LogP contribution in [0, 0.1) is 6.92 Å². The number of benzene rings is 1. The molecule has 0 bridgehead atoms. The molecule has 0 radical (unpaired) electrons. The van der Waals surface area contributed by atoms with Gasteiger partial charge in [0.25, 0.3) is 0 Å². The Morgan fingerprint density at radius 2 is 2.00 bits per heavy atom. The molecule has 6 heteroatoms. The monoisotopic (exact) mass is 402 g/mol. The first-order valence-electron chi connectivity index (χ1n) is 8.87. The van der Waals surface area contributed by atoms with Crippen LogP contribution in [-0.2, 0) is 15.8 Å². The van der Waals surface area contributed by atoms with Gasteiger partial charge in [-0.25, -0.2) is 4.21 Å². The molecule has 1 aromatic heterocycles. The lowest BCUT2D eigenvalue weighted by Gasteiger charge is -2.09. The third-order valence-electron chi connectivity index (χ3n) is 3.91. The van der Waals surface area contributed by atoms with E-state index in [1.54, 1.807) is 13.2 Å². The molecule has 0 amide bonds. The third-order valence-corrected chi connectivity index (χ3v) is 4.57. The lowest BCUT2D eigenvalue weighted by Crippen LogP contribution is -1.99. The first-order chi connectivity index (χ1) is 13.4. The third kappa shape index (κ3) is 6.73. The van der Waals surface area contributed by atoms with Gasteiger partial charge < -0.3 is 19.6 Å². The van der Waals surface area contributed by atoms with Crippen molar-refractivity contribution < 1.29 is 13.5 Å². The second-order valence-corrected chi connectivity index (χ2v) is 7.16. The van der Waals surface area contributed by atoms with E-state index in [1.807, 2.05) is 46.1 Å². The Morgan fingerprint density at radius 3 is 2.57 bits per heavy atom. The highest BCUT2D eigenvalue weighted by Crippen LogP contribution is 2.26. The molecule has 2 rings (SSSR count). The Bertz CT molecular complexity index is 908. The number of hydrogen-bond acceptors (Lipinski definition) is 3. The van der Waals surface area contributed by atoms with Gasteiger partial charge in [-0.3, -0.25) is 0 Å². The number of aryl methyl sites for hydroxylation is 1. The summed E-state index contributed by atoms with van der Waals surface area (Å²) in [5.74, 6) is 0. The van der Waals surface area contributed by atoms with E-state index < -0.39 is 11.1 Å². The summed E-state index contributed by atoms with van der Waals surface area (Å²) in [6, 6.07) is 8.11. The summed E-state index contributed by atoms with van der Waals surface area (Å²) in [6.45, 7) is 7.92. The Morgan fingerprint density at radius 1 is 1.36 bits per heavy atom. The molecular weight excluding hydrogens is 372 g/mol. The fourth-order valence-electron chi connectivity index (χ4n) is 2.66. The predicted octanol–water partition coefficient (Wildman–Crippen LogP) is 4.58. The zero-order chi connectivity index (χ0) is 21.1. The van der Waals surface area contributed by atoms with Gasteiger partial charge >= 0.3 is 0 Å². The number of aromatic amines is 1. The van der Waals surface area contributed by atoms with E-state index in [9.17, 15) is 8.76 Å². The maximum Gasteiger partial charge on any atom is 0.186 e. The first-order valence-corrected chi connectivity index (χ1v) is 9.97. The number of nitrogens with one attached hydrogen (secondary N) is 2. The number of fused-ring (bicyclic) bond motifs is 1. The second kappa shape index (κ2) is 12.3. The van der Waals surface area contributed by atoms with Crippen LogP contribution in [-0.4, -0.2) is 41.6 Å². The predicted molar refractivity (Wildman–Crippen MR) is 121 cm³/mol. The molecule has 5 nitrogen and oxygen atoms in total. The van der Waals surface area contributed by atoms with Crippen LogP contribution in [0.3, 0.4) is 0 Å². The molecule has 0 aliphatic rings. The van der Waals surface area contributed by atoms with Crippen LogP contribution in [0.25, 0.3) is 17.0 Å². The zero-order valence-corrected chi connectivity index (χ0v) is 18.0. The largest absolute Gasteiger partial charge is 0.380 e. The van der Waals surface area contributed by atoms with E-state index in [1.165, 1.54) is 12.2 Å². The Hall–Kier alpha value is -2.25. The molecule has 1 aromatic carbocycles. The Labute approximate surface area is 170 Å². The molecular formula is C22H30N2O3S. The summed E-state index contributed by atoms with van der Waals surface area (Å²) in [4.78, 5) is 3.67. The van der Waals surface area contributed by atoms with Gasteiger partial charge in [-0.1, -0.05) is 30.9 Å². The van der Waals surface area contributed by atoms with Crippen molar-refractivity contribution in [1.29, 1.82) is 0 Å². The summed E-state index contributed by atoms with van der Waals surface area (Å²) >= 11 is -2.07. The Balaban J connectivity index is 0.00000122. The molecule has 0 spiro atoms. The van der Waals surface area contributed by atoms with Gasteiger partial charge in [-0.15, -0.1) is 0 Å². The fraction of sp³-hybridized carbons (Fsp3) is 0.273. The Kier molecular flexibility index (Phi) is 10.4. The molecule has 0 saturated heterocycles. The molecule has 1 heterocycles. The van der Waals surface area contributed by atoms with Crippen molar-refractivity contribution in [2.45, 2.75) is 13.8 Å². The van der Waals surface area contributed by atoms with Crippen molar-refractivity contribution in [1.82, 2.24) is 10.3 Å². The van der Waals surface area contributed by atoms with Gasteiger partial charge in [-0.2, -0.15) is 0 Å². The van der Waals surface area contributed by atoms with Crippen molar-refractivity contribution in [2.24, 2.45) is 0 Å². The van der Waals surface area contributed by atoms with E-state index >= 15 is 0 Å². The SMILES string of the molecule is C=C\C=C(/C=C(C)/C(=C/c1c(C)[nH]c2ccccc12)COC)S(=O)O.CNC. The van der Waals surface area contributed by atoms with Gasteiger partial charge in [0.15, 0.2) is 11.1 Å². The number of aromatic nitrogens is 1. The average molecular weight is 403 g/mol. The van der Waals surface area contributed by atoms with Crippen molar-refractivity contribution >= 4 is 28.1 Å². The minimum Gasteiger partial charge on any atom is -0.380 e. The smallest absolute Gasteiger partial charge is 0.186 e. The van der Waals surface area contributed by atoms with E-state index in [4.69, 9.17) is 4.74 Å². The molecule has 1 unspecified atom stereocenters. The van der Waals surface area contributed by atoms with Gasteiger partial charge in [0.1, 0.15) is 0 Å². The number of para-hydroxylation sites is 1. The van der Waals surface area contributed by atoms with E-state index in [0.717, 1.165) is 33.3 Å². The highest BCUT2D eigenvalue weighted by atomic mass is 32.2. The van der Waals surface area contributed by atoms with E-state index in [-0.39, 0.29) is 0 Å². The molecule has 152 valence electrons. The van der Waals surface area contributed by atoms with Gasteiger partial charge in [-0.05, 0) is 63.4 Å². The van der Waals surface area contributed by atoms with E-state index in [2.05, 4.69) is 29.0 Å². The van der Waals surface area contributed by atoms with Crippen LogP contribution in [0.2, 0.25) is 0 Å². The van der Waals surface area contributed by atoms with Crippen molar-refractivity contribution in [2.75, 3.05) is 27.8 Å². The second-order valence-electron chi connectivity index (χ2n) is 6.19. The van der Waals surface area contributed by atoms with Crippen molar-refractivity contribution in [3.05, 3.63) is 76.4 Å². The van der Waals surface area contributed by atoms with Crippen molar-refractivity contribution in [3.8, 4) is 0 Å². The van der Waals surface area contributed by atoms with Crippen LogP contribution in [0.5, 0.6) is 0 Å². The summed E-state index contributed by atoms with van der Waals surface area (Å²) in [5.41, 5.74) is 5.04. The van der Waals surface area contributed by atoms with Crippen LogP contribution in [0.4, 0.5) is 0 Å². The first kappa shape index (κ1) is 23.8. The number of ether oxygens (including phenoxy) is 1. The number of methoxy groups -OCH3 is 1. The molecule has 0 aliphatic heterocycles. The van der Waals surface area contributed by atoms with Gasteiger partial charge in [0.2, 0.25) is 0 Å². The summed E-state index contributed by atoms with van der Waals surface area (Å²) in [7, 11) is 5.38. The average Bonchev–Trinajstić information content (AvgIpc) is 2.97. The standard InChI is InChI=1S/C20H23NO3S.C2H7N/c1-5-8-17(25(22)23)11-14(2)16(13-24-4)12-19-15(3)21-20-10-7-6-9-18(19)20;1-3-2/h5-12,21H,1,13H2,2-4H3,(H,22,23);3H,1-2H3/b14-11+,16-12+,17-8+;.